The van der Waals surface area contributed by atoms with Gasteiger partial charge in [-0.2, -0.15) is 0 Å². The summed E-state index contributed by atoms with van der Waals surface area (Å²) in [4.78, 5) is 38.1. The van der Waals surface area contributed by atoms with Crippen molar-refractivity contribution >= 4 is 19.7 Å². The minimum absolute atomic E-state index is 0.0391. The molecule has 3 unspecified atom stereocenters. The van der Waals surface area contributed by atoms with E-state index in [0.717, 1.165) is 89.9 Å². The molecular weight excluding hydrogens is 1170 g/mol. The molecule has 0 aromatic heterocycles. The number of nitrogens with one attached hydrogen (secondary N) is 1. The largest absolute Gasteiger partial charge is 0.472 e. The number of quaternary nitrogens is 1. The number of amides is 1. The number of rotatable bonds is 73. The molecule has 10 heteroatoms. The number of hydrogen-bond donors (Lipinski definition) is 2. The fourth-order valence-corrected chi connectivity index (χ4v) is 12.5. The molecular formula is C83H154N2O7P+. The number of phosphoric acid groups is 1. The topological polar surface area (TPSA) is 111 Å². The van der Waals surface area contributed by atoms with E-state index in [9.17, 15) is 19.0 Å². The van der Waals surface area contributed by atoms with Crippen LogP contribution in [0, 0.1) is 0 Å². The van der Waals surface area contributed by atoms with Gasteiger partial charge in [0.05, 0.1) is 33.8 Å². The lowest BCUT2D eigenvalue weighted by molar-refractivity contribution is -0.870. The second kappa shape index (κ2) is 71.9. The highest BCUT2D eigenvalue weighted by molar-refractivity contribution is 7.47. The SMILES string of the molecule is CC/C=C\C/C=C\C/C=C\C/C=C\C/C=C\CCCCCCCCCCCCCC(=O)OC(/C=C/CCCCCCCCCCCCC)C(COP(=O)(O)OCC[N+](C)(C)C)NC(=O)CCCCCCCCCCCCCCCCCCC/C=C/CCCCCCCC. The van der Waals surface area contributed by atoms with E-state index in [0.29, 0.717) is 17.4 Å². The Morgan fingerprint density at radius 1 is 0.387 bits per heavy atom. The van der Waals surface area contributed by atoms with Gasteiger partial charge in [-0.3, -0.25) is 18.6 Å². The lowest BCUT2D eigenvalue weighted by atomic mass is 10.0. The van der Waals surface area contributed by atoms with E-state index in [2.05, 4.69) is 105 Å². The van der Waals surface area contributed by atoms with Crippen LogP contribution in [-0.4, -0.2) is 74.3 Å². The van der Waals surface area contributed by atoms with Gasteiger partial charge in [0.2, 0.25) is 5.91 Å². The van der Waals surface area contributed by atoms with Crippen LogP contribution in [0.4, 0.5) is 0 Å². The molecule has 542 valence electrons. The Morgan fingerprint density at radius 3 is 1.04 bits per heavy atom. The summed E-state index contributed by atoms with van der Waals surface area (Å²) in [5, 5.41) is 3.09. The molecule has 1 amide bonds. The van der Waals surface area contributed by atoms with E-state index in [4.69, 9.17) is 13.8 Å². The third-order valence-electron chi connectivity index (χ3n) is 17.8. The van der Waals surface area contributed by atoms with Crippen LogP contribution in [0.2, 0.25) is 0 Å². The molecule has 0 saturated heterocycles. The van der Waals surface area contributed by atoms with Crippen LogP contribution in [0.25, 0.3) is 0 Å². The second-order valence-corrected chi connectivity index (χ2v) is 29.7. The number of unbranched alkanes of at least 4 members (excludes halogenated alkanes) is 45. The van der Waals surface area contributed by atoms with Crippen molar-refractivity contribution in [3.8, 4) is 0 Å². The van der Waals surface area contributed by atoms with E-state index >= 15 is 0 Å². The summed E-state index contributed by atoms with van der Waals surface area (Å²) in [5.74, 6) is -0.494. The molecule has 0 aromatic rings. The first-order valence-corrected chi connectivity index (χ1v) is 41.4. The fraction of sp³-hybridized carbons (Fsp3) is 0.807. The molecule has 0 rings (SSSR count). The van der Waals surface area contributed by atoms with Crippen LogP contribution in [0.5, 0.6) is 0 Å². The first kappa shape index (κ1) is 90.2. The average molecular weight is 1320 g/mol. The number of hydrogen-bond acceptors (Lipinski definition) is 6. The molecule has 0 aliphatic heterocycles. The van der Waals surface area contributed by atoms with Crippen LogP contribution in [-0.2, 0) is 27.9 Å². The number of likely N-dealkylation sites (N-methyl/N-ethyl adjacent to an activating group) is 1. The molecule has 9 nitrogen and oxygen atoms in total. The maximum Gasteiger partial charge on any atom is 0.472 e. The summed E-state index contributed by atoms with van der Waals surface area (Å²) >= 11 is 0. The quantitative estimate of drug-likeness (QED) is 0.0205. The molecule has 0 saturated carbocycles. The fourth-order valence-electron chi connectivity index (χ4n) is 11.7. The number of allylic oxidation sites excluding steroid dienone is 13. The monoisotopic (exact) mass is 1320 g/mol. The zero-order chi connectivity index (χ0) is 67.8. The smallest absolute Gasteiger partial charge is 0.456 e. The third-order valence-corrected chi connectivity index (χ3v) is 18.8. The summed E-state index contributed by atoms with van der Waals surface area (Å²) < 4.78 is 31.0. The molecule has 3 atom stereocenters. The first-order chi connectivity index (χ1) is 45.4. The zero-order valence-electron chi connectivity index (χ0n) is 62.2. The molecule has 93 heavy (non-hydrogen) atoms. The number of phosphoric ester groups is 1. The van der Waals surface area contributed by atoms with Gasteiger partial charge in [0, 0.05) is 12.8 Å². The van der Waals surface area contributed by atoms with E-state index in [-0.39, 0.29) is 31.5 Å². The van der Waals surface area contributed by atoms with Gasteiger partial charge in [-0.05, 0) is 102 Å². The molecule has 0 bridgehead atoms. The van der Waals surface area contributed by atoms with E-state index in [1.54, 1.807) is 0 Å². The summed E-state index contributed by atoms with van der Waals surface area (Å²) in [6, 6.07) is -0.853. The Balaban J connectivity index is 4.95. The molecule has 0 aliphatic rings. The summed E-state index contributed by atoms with van der Waals surface area (Å²) in [5.41, 5.74) is 0. The van der Waals surface area contributed by atoms with Gasteiger partial charge in [0.15, 0.2) is 0 Å². The van der Waals surface area contributed by atoms with Crippen LogP contribution < -0.4 is 5.32 Å². The Hall–Kier alpha value is -2.81. The molecule has 0 heterocycles. The maximum absolute atomic E-state index is 13.7. The molecule has 0 spiro atoms. The van der Waals surface area contributed by atoms with Gasteiger partial charge in [0.25, 0.3) is 0 Å². The number of carbonyl (C=O) groups excluding carboxylic acids is 2. The predicted octanol–water partition coefficient (Wildman–Crippen LogP) is 26.0. The van der Waals surface area contributed by atoms with Gasteiger partial charge in [0.1, 0.15) is 19.3 Å². The van der Waals surface area contributed by atoms with Crippen molar-refractivity contribution in [2.24, 2.45) is 0 Å². The maximum atomic E-state index is 13.7. The lowest BCUT2D eigenvalue weighted by Gasteiger charge is -2.27. The minimum Gasteiger partial charge on any atom is -0.456 e. The standard InChI is InChI=1S/C83H153N2O7P/c1-7-10-13-16-19-22-25-28-30-32-34-36-38-40-42-44-46-48-50-52-54-57-60-63-66-69-72-75-82(86)84-80(79-91-93(88,89)90-78-77-85(4,5)6)81(74-71-68-65-62-59-56-27-24-21-18-15-12-9-3)92-83(87)76-73-70-67-64-61-58-55-53-51-49-47-45-43-41-39-37-35-33-31-29-26-23-20-17-14-11-8-2/h11,14,20,23,28-31,35,37,41,43,71,74,80-81H,7-10,12-13,15-19,21-22,24-27,32-34,36,38-40,42,44-70,72-73,75-79H2,1-6H3,(H-,84,86,88,89)/p+1/b14-11-,23-20-,30-28+,31-29-,37-35-,43-41-,74-71+. The average Bonchev–Trinajstić information content (AvgIpc) is 2.15. The van der Waals surface area contributed by atoms with Crippen molar-refractivity contribution in [1.29, 1.82) is 0 Å². The number of esters is 1. The zero-order valence-corrected chi connectivity index (χ0v) is 63.1. The van der Waals surface area contributed by atoms with E-state index in [1.807, 2.05) is 27.2 Å². The Labute approximate surface area is 577 Å². The minimum atomic E-state index is -4.46. The highest BCUT2D eigenvalue weighted by Gasteiger charge is 2.30. The molecule has 0 aromatic carbocycles. The van der Waals surface area contributed by atoms with Crippen molar-refractivity contribution in [3.05, 3.63) is 85.1 Å². The molecule has 0 fully saturated rings. The predicted molar refractivity (Wildman–Crippen MR) is 406 cm³/mol. The van der Waals surface area contributed by atoms with Gasteiger partial charge < -0.3 is 19.4 Å². The van der Waals surface area contributed by atoms with Crippen LogP contribution in [0.15, 0.2) is 85.1 Å². The highest BCUT2D eigenvalue weighted by atomic mass is 31.2. The first-order valence-electron chi connectivity index (χ1n) is 39.9. The van der Waals surface area contributed by atoms with Crippen LogP contribution >= 0.6 is 7.82 Å². The van der Waals surface area contributed by atoms with E-state index < -0.39 is 20.0 Å². The number of nitrogens with zero attached hydrogens (tertiary/aromatic N) is 1. The second-order valence-electron chi connectivity index (χ2n) is 28.2. The van der Waals surface area contributed by atoms with Gasteiger partial charge in [-0.15, -0.1) is 0 Å². The third kappa shape index (κ3) is 73.3. The van der Waals surface area contributed by atoms with Crippen molar-refractivity contribution in [2.45, 2.75) is 392 Å². The Morgan fingerprint density at radius 2 is 0.688 bits per heavy atom. The summed E-state index contributed by atoms with van der Waals surface area (Å²) in [7, 11) is 1.50. The molecule has 0 radical (unpaired) electrons. The van der Waals surface area contributed by atoms with Crippen molar-refractivity contribution in [3.63, 3.8) is 0 Å². The molecule has 2 N–H and O–H groups in total. The van der Waals surface area contributed by atoms with Crippen LogP contribution in [0.1, 0.15) is 380 Å². The summed E-state index contributed by atoms with van der Waals surface area (Å²) in [6.07, 6.45) is 97.6. The number of carbonyl (C=O) groups is 2. The molecule has 0 aliphatic carbocycles. The van der Waals surface area contributed by atoms with Gasteiger partial charge in [-0.1, -0.05) is 350 Å². The Bertz CT molecular complexity index is 1870. The lowest BCUT2D eigenvalue weighted by Crippen LogP contribution is -2.47. The van der Waals surface area contributed by atoms with Crippen LogP contribution in [0.3, 0.4) is 0 Å². The van der Waals surface area contributed by atoms with Gasteiger partial charge >= 0.3 is 13.8 Å². The van der Waals surface area contributed by atoms with Crippen molar-refractivity contribution in [2.75, 3.05) is 40.9 Å². The Kier molecular flexibility index (Phi) is 69.8. The summed E-state index contributed by atoms with van der Waals surface area (Å²) in [6.45, 7) is 6.95. The highest BCUT2D eigenvalue weighted by Crippen LogP contribution is 2.43. The van der Waals surface area contributed by atoms with Crippen molar-refractivity contribution < 1.29 is 37.3 Å². The normalized spacial score (nSPS) is 13.8. The van der Waals surface area contributed by atoms with Crippen molar-refractivity contribution in [1.82, 2.24) is 5.32 Å². The van der Waals surface area contributed by atoms with Gasteiger partial charge in [-0.25, -0.2) is 4.57 Å². The number of ether oxygens (including phenoxy) is 1. The van der Waals surface area contributed by atoms with E-state index in [1.165, 1.54) is 257 Å².